The van der Waals surface area contributed by atoms with Gasteiger partial charge in [0, 0.05) is 11.0 Å². The fourth-order valence-corrected chi connectivity index (χ4v) is 5.83. The van der Waals surface area contributed by atoms with Crippen LogP contribution in [0.1, 0.15) is 5.56 Å². The van der Waals surface area contributed by atoms with Crippen LogP contribution in [0.4, 0.5) is 0 Å². The molecule has 0 unspecified atom stereocenters. The molecular formula is C14H15Br2NO5S2. The molecule has 0 aliphatic carbocycles. The quantitative estimate of drug-likeness (QED) is 0.626. The number of methoxy groups -OCH3 is 3. The molecule has 0 saturated heterocycles. The third kappa shape index (κ3) is 4.23. The van der Waals surface area contributed by atoms with Crippen LogP contribution in [-0.2, 0) is 16.6 Å². The molecule has 0 atom stereocenters. The van der Waals surface area contributed by atoms with E-state index < -0.39 is 10.0 Å². The molecular weight excluding hydrogens is 486 g/mol. The van der Waals surface area contributed by atoms with Crippen molar-refractivity contribution < 1.29 is 22.6 Å². The number of halogens is 2. The molecule has 0 amide bonds. The topological polar surface area (TPSA) is 73.9 Å². The summed E-state index contributed by atoms with van der Waals surface area (Å²) in [7, 11) is 0.902. The second-order valence-corrected chi connectivity index (χ2v) is 9.76. The van der Waals surface area contributed by atoms with Crippen LogP contribution in [-0.4, -0.2) is 29.7 Å². The van der Waals surface area contributed by atoms with Crippen molar-refractivity contribution >= 4 is 53.2 Å². The van der Waals surface area contributed by atoms with Gasteiger partial charge in [0.1, 0.15) is 4.21 Å². The van der Waals surface area contributed by atoms with Crippen LogP contribution < -0.4 is 18.9 Å². The highest BCUT2D eigenvalue weighted by molar-refractivity contribution is 9.13. The third-order valence-electron chi connectivity index (χ3n) is 3.08. The maximum atomic E-state index is 12.4. The lowest BCUT2D eigenvalue weighted by Crippen LogP contribution is -2.22. The van der Waals surface area contributed by atoms with Gasteiger partial charge in [-0.2, -0.15) is 0 Å². The van der Waals surface area contributed by atoms with E-state index in [1.54, 1.807) is 18.2 Å². The Hall–Kier alpha value is -0.810. The molecule has 1 aromatic heterocycles. The number of thiophene rings is 1. The molecule has 2 aromatic rings. The van der Waals surface area contributed by atoms with E-state index >= 15 is 0 Å². The lowest BCUT2D eigenvalue weighted by atomic mass is 10.2. The van der Waals surface area contributed by atoms with Gasteiger partial charge < -0.3 is 14.2 Å². The molecule has 0 aliphatic rings. The smallest absolute Gasteiger partial charge is 0.250 e. The minimum Gasteiger partial charge on any atom is -0.493 e. The maximum absolute atomic E-state index is 12.4. The molecule has 0 fully saturated rings. The average molecular weight is 501 g/mol. The van der Waals surface area contributed by atoms with Gasteiger partial charge in [-0.15, -0.1) is 11.3 Å². The van der Waals surface area contributed by atoms with Gasteiger partial charge in [0.05, 0.1) is 25.1 Å². The van der Waals surface area contributed by atoms with Crippen LogP contribution in [0.15, 0.2) is 30.7 Å². The number of ether oxygens (including phenoxy) is 3. The van der Waals surface area contributed by atoms with Crippen molar-refractivity contribution in [1.82, 2.24) is 4.72 Å². The first-order valence-corrected chi connectivity index (χ1v) is 10.4. The van der Waals surface area contributed by atoms with Crippen LogP contribution in [0, 0.1) is 0 Å². The van der Waals surface area contributed by atoms with Crippen LogP contribution in [0.5, 0.6) is 17.2 Å². The molecule has 10 heteroatoms. The molecule has 2 rings (SSSR count). The highest BCUT2D eigenvalue weighted by atomic mass is 79.9. The van der Waals surface area contributed by atoms with Crippen molar-refractivity contribution in [2.24, 2.45) is 0 Å². The van der Waals surface area contributed by atoms with Gasteiger partial charge in [-0.1, -0.05) is 0 Å². The van der Waals surface area contributed by atoms with E-state index in [2.05, 4.69) is 36.6 Å². The summed E-state index contributed by atoms with van der Waals surface area (Å²) < 4.78 is 44.7. The monoisotopic (exact) mass is 499 g/mol. The molecule has 132 valence electrons. The summed E-state index contributed by atoms with van der Waals surface area (Å²) in [4.78, 5) is 0. The standard InChI is InChI=1S/C14H15Br2NO5S2/c1-20-10-4-8(5-11(21-2)13(10)22-3)7-17-24(18,19)12-6-9(15)14(16)23-12/h4-6,17H,7H2,1-3H3. The number of hydrogen-bond donors (Lipinski definition) is 1. The maximum Gasteiger partial charge on any atom is 0.250 e. The molecule has 0 spiro atoms. The fraction of sp³-hybridized carbons (Fsp3) is 0.286. The van der Waals surface area contributed by atoms with Crippen molar-refractivity contribution in [3.05, 3.63) is 32.0 Å². The molecule has 6 nitrogen and oxygen atoms in total. The summed E-state index contributed by atoms with van der Waals surface area (Å²) in [6, 6.07) is 4.94. The fourth-order valence-electron chi connectivity index (χ4n) is 1.95. The van der Waals surface area contributed by atoms with Gasteiger partial charge in [-0.25, -0.2) is 13.1 Å². The van der Waals surface area contributed by atoms with Crippen molar-refractivity contribution in [1.29, 1.82) is 0 Å². The summed E-state index contributed by atoms with van der Waals surface area (Å²) in [6.45, 7) is 0.0895. The van der Waals surface area contributed by atoms with E-state index in [4.69, 9.17) is 14.2 Å². The molecule has 1 aromatic carbocycles. The molecule has 0 aliphatic heterocycles. The lowest BCUT2D eigenvalue weighted by molar-refractivity contribution is 0.323. The number of benzene rings is 1. The van der Waals surface area contributed by atoms with Crippen molar-refractivity contribution in [3.63, 3.8) is 0 Å². The molecule has 24 heavy (non-hydrogen) atoms. The summed E-state index contributed by atoms with van der Waals surface area (Å²) in [6.07, 6.45) is 0. The van der Waals surface area contributed by atoms with Crippen LogP contribution in [0.3, 0.4) is 0 Å². The number of sulfonamides is 1. The van der Waals surface area contributed by atoms with E-state index in [1.165, 1.54) is 21.3 Å². The van der Waals surface area contributed by atoms with Gasteiger partial charge in [0.2, 0.25) is 15.8 Å². The highest BCUT2D eigenvalue weighted by Crippen LogP contribution is 2.38. The van der Waals surface area contributed by atoms with Crippen LogP contribution >= 0.6 is 43.2 Å². The minimum absolute atomic E-state index is 0.0895. The van der Waals surface area contributed by atoms with E-state index in [9.17, 15) is 8.42 Å². The Morgan fingerprint density at radius 1 is 1.04 bits per heavy atom. The zero-order valence-corrected chi connectivity index (χ0v) is 17.9. The highest BCUT2D eigenvalue weighted by Gasteiger charge is 2.20. The molecule has 1 N–H and O–H groups in total. The van der Waals surface area contributed by atoms with Gasteiger partial charge in [-0.05, 0) is 55.6 Å². The first-order valence-electron chi connectivity index (χ1n) is 6.55. The Balaban J connectivity index is 2.25. The summed E-state index contributed by atoms with van der Waals surface area (Å²) in [5.41, 5.74) is 0.683. The predicted octanol–water partition coefficient (Wildman–Crippen LogP) is 3.78. The van der Waals surface area contributed by atoms with Gasteiger partial charge >= 0.3 is 0 Å². The Bertz CT molecular complexity index is 791. The first-order chi connectivity index (χ1) is 11.3. The Labute approximate surface area is 161 Å². The van der Waals surface area contributed by atoms with Crippen molar-refractivity contribution in [2.75, 3.05) is 21.3 Å². The summed E-state index contributed by atoms with van der Waals surface area (Å²) >= 11 is 7.70. The number of rotatable bonds is 7. The van der Waals surface area contributed by atoms with E-state index in [0.717, 1.165) is 15.1 Å². The lowest BCUT2D eigenvalue weighted by Gasteiger charge is -2.14. The van der Waals surface area contributed by atoms with Gasteiger partial charge in [0.25, 0.3) is 0 Å². The average Bonchev–Trinajstić information content (AvgIpc) is 2.91. The number of nitrogens with one attached hydrogen (secondary N) is 1. The zero-order chi connectivity index (χ0) is 17.9. The van der Waals surface area contributed by atoms with Crippen LogP contribution in [0.25, 0.3) is 0 Å². The van der Waals surface area contributed by atoms with E-state index in [-0.39, 0.29) is 10.8 Å². The Morgan fingerprint density at radius 2 is 1.62 bits per heavy atom. The normalized spacial score (nSPS) is 11.4. The van der Waals surface area contributed by atoms with Crippen molar-refractivity contribution in [3.8, 4) is 17.2 Å². The zero-order valence-electron chi connectivity index (χ0n) is 13.1. The number of hydrogen-bond acceptors (Lipinski definition) is 6. The van der Waals surface area contributed by atoms with E-state index in [0.29, 0.717) is 27.3 Å². The molecule has 0 saturated carbocycles. The molecule has 1 heterocycles. The SMILES string of the molecule is COc1cc(CNS(=O)(=O)c2cc(Br)c(Br)s2)cc(OC)c1OC. The van der Waals surface area contributed by atoms with Gasteiger partial charge in [0.15, 0.2) is 11.5 Å². The Kier molecular flexibility index (Phi) is 6.54. The Morgan fingerprint density at radius 3 is 2.04 bits per heavy atom. The second kappa shape index (κ2) is 8.05. The molecule has 0 radical (unpaired) electrons. The second-order valence-electron chi connectivity index (χ2n) is 4.55. The predicted molar refractivity (Wildman–Crippen MR) is 99.8 cm³/mol. The largest absolute Gasteiger partial charge is 0.493 e. The van der Waals surface area contributed by atoms with Crippen LogP contribution in [0.2, 0.25) is 0 Å². The van der Waals surface area contributed by atoms with E-state index in [1.807, 2.05) is 0 Å². The first kappa shape index (κ1) is 19.5. The summed E-state index contributed by atoms with van der Waals surface area (Å²) in [5, 5.41) is 0. The third-order valence-corrected chi connectivity index (χ3v) is 8.21. The van der Waals surface area contributed by atoms with Gasteiger partial charge in [-0.3, -0.25) is 0 Å². The summed E-state index contributed by atoms with van der Waals surface area (Å²) in [5.74, 6) is 1.39. The molecule has 0 bridgehead atoms. The minimum atomic E-state index is -3.62. The van der Waals surface area contributed by atoms with Crippen molar-refractivity contribution in [2.45, 2.75) is 10.8 Å².